The van der Waals surface area contributed by atoms with Crippen LogP contribution in [0.25, 0.3) is 11.0 Å². The molecule has 0 aliphatic heterocycles. The van der Waals surface area contributed by atoms with Gasteiger partial charge in [0.1, 0.15) is 11.4 Å². The maximum Gasteiger partial charge on any atom is 0.374 e. The number of amides is 1. The van der Waals surface area contributed by atoms with Crippen LogP contribution in [0.5, 0.6) is 0 Å². The first-order chi connectivity index (χ1) is 13.3. The van der Waals surface area contributed by atoms with Crippen molar-refractivity contribution in [1.82, 2.24) is 4.90 Å². The molecule has 0 bridgehead atoms. The molecule has 0 spiro atoms. The van der Waals surface area contributed by atoms with Gasteiger partial charge in [-0.3, -0.25) is 9.59 Å². The molecule has 2 aromatic carbocycles. The Hall–Kier alpha value is -3.19. The Bertz CT molecular complexity index is 1110. The Kier molecular flexibility index (Phi) is 5.75. The van der Waals surface area contributed by atoms with E-state index < -0.39 is 29.7 Å². The number of likely N-dealkylation sites (N-methyl/N-ethyl adjacent to an activating group) is 1. The summed E-state index contributed by atoms with van der Waals surface area (Å²) >= 11 is 5.84. The third-order valence-corrected chi connectivity index (χ3v) is 4.24. The molecule has 1 heterocycles. The van der Waals surface area contributed by atoms with Crippen LogP contribution < -0.4 is 5.43 Å². The van der Waals surface area contributed by atoms with E-state index in [0.717, 1.165) is 6.07 Å². The predicted molar refractivity (Wildman–Crippen MR) is 101 cm³/mol. The number of hydrogen-bond donors (Lipinski definition) is 0. The summed E-state index contributed by atoms with van der Waals surface area (Å²) in [7, 11) is 1.46. The van der Waals surface area contributed by atoms with Crippen LogP contribution in [-0.4, -0.2) is 30.4 Å². The van der Waals surface area contributed by atoms with Gasteiger partial charge in [0.05, 0.1) is 5.39 Å². The zero-order valence-electron chi connectivity index (χ0n) is 14.8. The van der Waals surface area contributed by atoms with Crippen molar-refractivity contribution < 1.29 is 23.1 Å². The van der Waals surface area contributed by atoms with E-state index in [0.29, 0.717) is 10.6 Å². The molecule has 0 aliphatic rings. The number of fused-ring (bicyclic) bond motifs is 1. The Morgan fingerprint density at radius 2 is 1.93 bits per heavy atom. The highest BCUT2D eigenvalue weighted by atomic mass is 35.5. The molecular formula is C20H15ClFNO5. The molecule has 0 N–H and O–H groups in total. The number of benzene rings is 2. The number of carbonyl (C=O) groups excluding carboxylic acids is 2. The van der Waals surface area contributed by atoms with Crippen molar-refractivity contribution >= 4 is 34.4 Å². The van der Waals surface area contributed by atoms with Gasteiger partial charge >= 0.3 is 5.97 Å². The lowest BCUT2D eigenvalue weighted by Gasteiger charge is -2.17. The van der Waals surface area contributed by atoms with Crippen molar-refractivity contribution in [2.24, 2.45) is 0 Å². The van der Waals surface area contributed by atoms with E-state index >= 15 is 0 Å². The number of ether oxygens (including phenoxy) is 1. The van der Waals surface area contributed by atoms with Crippen LogP contribution in [0, 0.1) is 5.82 Å². The summed E-state index contributed by atoms with van der Waals surface area (Å²) in [5.41, 5.74) is 0.0504. The Morgan fingerprint density at radius 3 is 2.68 bits per heavy atom. The molecule has 0 atom stereocenters. The van der Waals surface area contributed by atoms with Crippen molar-refractivity contribution in [3.05, 3.63) is 80.9 Å². The van der Waals surface area contributed by atoms with Gasteiger partial charge in [-0.05, 0) is 24.3 Å². The lowest BCUT2D eigenvalue weighted by molar-refractivity contribution is -0.133. The molecule has 0 saturated heterocycles. The maximum atomic E-state index is 13.7. The van der Waals surface area contributed by atoms with Crippen LogP contribution in [0.4, 0.5) is 4.39 Å². The first-order valence-corrected chi connectivity index (χ1v) is 8.61. The highest BCUT2D eigenvalue weighted by molar-refractivity contribution is 6.31. The second kappa shape index (κ2) is 8.22. The molecule has 144 valence electrons. The second-order valence-corrected chi connectivity index (χ2v) is 6.47. The fourth-order valence-electron chi connectivity index (χ4n) is 2.51. The third-order valence-electron chi connectivity index (χ3n) is 4.01. The number of hydrogen-bond acceptors (Lipinski definition) is 5. The van der Waals surface area contributed by atoms with Gasteiger partial charge in [0.15, 0.2) is 12.0 Å². The van der Waals surface area contributed by atoms with Crippen LogP contribution in [0.15, 0.2) is 57.7 Å². The van der Waals surface area contributed by atoms with Crippen molar-refractivity contribution in [1.29, 1.82) is 0 Å². The first-order valence-electron chi connectivity index (χ1n) is 8.23. The lowest BCUT2D eigenvalue weighted by Crippen LogP contribution is -2.31. The summed E-state index contributed by atoms with van der Waals surface area (Å²) in [6, 6.07) is 11.4. The zero-order chi connectivity index (χ0) is 20.3. The summed E-state index contributed by atoms with van der Waals surface area (Å²) in [5, 5.41) is 0.586. The van der Waals surface area contributed by atoms with Crippen LogP contribution in [0.3, 0.4) is 0 Å². The van der Waals surface area contributed by atoms with E-state index in [2.05, 4.69) is 0 Å². The smallest absolute Gasteiger partial charge is 0.374 e. The quantitative estimate of drug-likeness (QED) is 0.610. The topological polar surface area (TPSA) is 76.8 Å². The van der Waals surface area contributed by atoms with Crippen molar-refractivity contribution in [3.63, 3.8) is 0 Å². The minimum atomic E-state index is -0.957. The fourth-order valence-corrected chi connectivity index (χ4v) is 2.68. The molecule has 0 unspecified atom stereocenters. The molecule has 1 amide bonds. The largest absolute Gasteiger partial charge is 0.450 e. The van der Waals surface area contributed by atoms with Gasteiger partial charge in [-0.25, -0.2) is 9.18 Å². The van der Waals surface area contributed by atoms with Gasteiger partial charge in [0.2, 0.25) is 5.76 Å². The molecule has 3 aromatic rings. The fraction of sp³-hybridized carbons (Fsp3) is 0.150. The summed E-state index contributed by atoms with van der Waals surface area (Å²) < 4.78 is 23.9. The standard InChI is InChI=1S/C20H15ClFNO5/c1-23(10-12-4-2-3-5-15(12)22)19(25)11-27-20(26)18-9-16(24)14-8-13(21)6-7-17(14)28-18/h2-9H,10-11H2,1H3. The number of nitrogens with zero attached hydrogens (tertiary/aromatic N) is 1. The van der Waals surface area contributed by atoms with E-state index in [-0.39, 0.29) is 23.3 Å². The predicted octanol–water partition coefficient (Wildman–Crippen LogP) is 3.40. The number of halogens is 2. The van der Waals surface area contributed by atoms with Crippen LogP contribution in [-0.2, 0) is 16.1 Å². The Labute approximate surface area is 164 Å². The molecule has 0 fully saturated rings. The van der Waals surface area contributed by atoms with Crippen LogP contribution >= 0.6 is 11.6 Å². The minimum Gasteiger partial charge on any atom is -0.450 e. The molecule has 0 aliphatic carbocycles. The average Bonchev–Trinajstić information content (AvgIpc) is 2.67. The summed E-state index contributed by atoms with van der Waals surface area (Å²) in [6.45, 7) is -0.555. The number of esters is 1. The summed E-state index contributed by atoms with van der Waals surface area (Å²) in [6.07, 6.45) is 0. The van der Waals surface area contributed by atoms with Crippen molar-refractivity contribution in [3.8, 4) is 0 Å². The van der Waals surface area contributed by atoms with Gasteiger partial charge in [-0.2, -0.15) is 0 Å². The number of rotatable bonds is 5. The van der Waals surface area contributed by atoms with Gasteiger partial charge in [-0.1, -0.05) is 29.8 Å². The highest BCUT2D eigenvalue weighted by Crippen LogP contribution is 2.18. The summed E-state index contributed by atoms with van der Waals surface area (Å²) in [4.78, 5) is 37.6. The van der Waals surface area contributed by atoms with Crippen LogP contribution in [0.1, 0.15) is 16.1 Å². The minimum absolute atomic E-state index is 0.0227. The first kappa shape index (κ1) is 19.6. The van der Waals surface area contributed by atoms with Gasteiger partial charge in [0.25, 0.3) is 5.91 Å². The molecular weight excluding hydrogens is 389 g/mol. The molecule has 0 radical (unpaired) electrons. The molecule has 3 rings (SSSR count). The van der Waals surface area contributed by atoms with Gasteiger partial charge in [-0.15, -0.1) is 0 Å². The van der Waals surface area contributed by atoms with E-state index in [1.165, 1.54) is 36.2 Å². The lowest BCUT2D eigenvalue weighted by atomic mass is 10.2. The highest BCUT2D eigenvalue weighted by Gasteiger charge is 2.18. The van der Waals surface area contributed by atoms with E-state index in [9.17, 15) is 18.8 Å². The molecule has 1 aromatic heterocycles. The van der Waals surface area contributed by atoms with E-state index in [4.69, 9.17) is 20.8 Å². The summed E-state index contributed by atoms with van der Waals surface area (Å²) in [5.74, 6) is -2.25. The maximum absolute atomic E-state index is 13.7. The Balaban J connectivity index is 1.66. The SMILES string of the molecule is CN(Cc1ccccc1F)C(=O)COC(=O)c1cc(=O)c2cc(Cl)ccc2o1. The van der Waals surface area contributed by atoms with E-state index in [1.807, 2.05) is 0 Å². The Morgan fingerprint density at radius 1 is 1.18 bits per heavy atom. The second-order valence-electron chi connectivity index (χ2n) is 6.03. The average molecular weight is 404 g/mol. The van der Waals surface area contributed by atoms with Crippen molar-refractivity contribution in [2.75, 3.05) is 13.7 Å². The normalized spacial score (nSPS) is 10.7. The van der Waals surface area contributed by atoms with Gasteiger partial charge < -0.3 is 14.1 Å². The third kappa shape index (κ3) is 4.37. The molecule has 6 nitrogen and oxygen atoms in total. The molecule has 0 saturated carbocycles. The monoisotopic (exact) mass is 403 g/mol. The van der Waals surface area contributed by atoms with Crippen LogP contribution in [0.2, 0.25) is 5.02 Å². The zero-order valence-corrected chi connectivity index (χ0v) is 15.5. The molecule has 8 heteroatoms. The van der Waals surface area contributed by atoms with Crippen molar-refractivity contribution in [2.45, 2.75) is 6.54 Å². The number of carbonyl (C=O) groups is 2. The van der Waals surface area contributed by atoms with E-state index in [1.54, 1.807) is 18.2 Å². The molecule has 28 heavy (non-hydrogen) atoms. The van der Waals surface area contributed by atoms with Gasteiger partial charge in [0, 0.05) is 30.2 Å².